The molecule has 0 saturated carbocycles. The number of unbranched alkanes of at least 4 members (excludes halogenated alkanes) is 6. The van der Waals surface area contributed by atoms with Crippen molar-refractivity contribution in [3.8, 4) is 5.75 Å². The molecule has 3 fully saturated rings. The number of nitrogens with one attached hydrogen (secondary N) is 10. The van der Waals surface area contributed by atoms with Crippen molar-refractivity contribution in [1.29, 1.82) is 0 Å². The lowest BCUT2D eigenvalue weighted by Crippen LogP contribution is -2.66. The first-order chi connectivity index (χ1) is 71.2. The molecule has 10 N–H and O–H groups in total. The van der Waals surface area contributed by atoms with E-state index in [2.05, 4.69) is 57.9 Å². The molecule has 0 aromatic heterocycles. The first-order valence-corrected chi connectivity index (χ1v) is 49.2. The molecule has 0 bridgehead atoms. The lowest BCUT2D eigenvalue weighted by Gasteiger charge is -2.44. The average Bonchev–Trinajstić information content (AvgIpc) is 0.790. The van der Waals surface area contributed by atoms with Crippen molar-refractivity contribution in [2.24, 2.45) is 0 Å². The quantitative estimate of drug-likeness (QED) is 0.0103. The van der Waals surface area contributed by atoms with E-state index in [4.69, 9.17) is 85.3 Å². The van der Waals surface area contributed by atoms with Crippen LogP contribution in [0.1, 0.15) is 212 Å². The first-order valence-electron chi connectivity index (χ1n) is 49.2. The smallest absolute Gasteiger partial charge is 0.337 e. The highest BCUT2D eigenvalue weighted by atomic mass is 19.2. The number of carbonyl (C=O) groups is 21. The minimum absolute atomic E-state index is 0.00237. The molecule has 0 spiro atoms. The van der Waals surface area contributed by atoms with Crippen molar-refractivity contribution in [3.05, 3.63) is 29.3 Å². The highest BCUT2D eigenvalue weighted by Crippen LogP contribution is 2.33. The lowest BCUT2D eigenvalue weighted by atomic mass is 9.96. The van der Waals surface area contributed by atoms with Gasteiger partial charge >= 0.3 is 59.7 Å². The molecule has 3 aliphatic rings. The molecule has 1 aromatic rings. The average molecular weight is 2160 g/mol. The van der Waals surface area contributed by atoms with Gasteiger partial charge in [-0.05, 0) is 83.5 Å². The monoisotopic (exact) mass is 2150 g/mol. The van der Waals surface area contributed by atoms with Crippen LogP contribution in [0.2, 0.25) is 0 Å². The molecule has 55 heteroatoms. The highest BCUT2D eigenvalue weighted by Gasteiger charge is 2.55. The Bertz CT molecular complexity index is 4420. The molecule has 15 unspecified atom stereocenters. The van der Waals surface area contributed by atoms with Crippen molar-refractivity contribution >= 4 is 125 Å². The van der Waals surface area contributed by atoms with Gasteiger partial charge in [-0.1, -0.05) is 0 Å². The van der Waals surface area contributed by atoms with E-state index in [-0.39, 0.29) is 212 Å². The molecule has 4 rings (SSSR count). The van der Waals surface area contributed by atoms with Crippen LogP contribution in [-0.2, 0) is 186 Å². The molecule has 1 aromatic carbocycles. The van der Waals surface area contributed by atoms with Crippen LogP contribution in [0.25, 0.3) is 0 Å². The number of ether oxygens (including phenoxy) is 19. The zero-order chi connectivity index (χ0) is 111. The maximum atomic E-state index is 14.4. The van der Waals surface area contributed by atoms with E-state index in [9.17, 15) is 118 Å². The summed E-state index contributed by atoms with van der Waals surface area (Å²) in [4.78, 5) is 267. The van der Waals surface area contributed by atoms with Gasteiger partial charge in [0.1, 0.15) is 68.9 Å². The van der Waals surface area contributed by atoms with E-state index in [1.807, 2.05) is 0 Å². The molecule has 150 heavy (non-hydrogen) atoms. The molecule has 16 atom stereocenters. The van der Waals surface area contributed by atoms with Crippen molar-refractivity contribution in [2.45, 2.75) is 309 Å². The summed E-state index contributed by atoms with van der Waals surface area (Å²) in [5.41, 5.74) is 0. The van der Waals surface area contributed by atoms with Crippen LogP contribution in [0.5, 0.6) is 5.75 Å². The summed E-state index contributed by atoms with van der Waals surface area (Å²) >= 11 is 0. The number of rotatable bonds is 71. The van der Waals surface area contributed by atoms with Gasteiger partial charge in [0, 0.05) is 206 Å². The van der Waals surface area contributed by atoms with Crippen molar-refractivity contribution in [2.75, 3.05) is 132 Å². The van der Waals surface area contributed by atoms with Crippen LogP contribution in [0.4, 0.5) is 17.6 Å². The third-order valence-electron chi connectivity index (χ3n) is 21.8. The van der Waals surface area contributed by atoms with E-state index in [0.29, 0.717) is 38.5 Å². The summed E-state index contributed by atoms with van der Waals surface area (Å²) in [6.07, 6.45) is -13.0. The Kier molecular flexibility index (Phi) is 62.3. The molecule has 51 nitrogen and oxygen atoms in total. The molecule has 0 radical (unpaired) electrons. The second-order valence-electron chi connectivity index (χ2n) is 34.6. The Hall–Kier alpha value is -12.6. The van der Waals surface area contributed by atoms with Crippen LogP contribution in [0.3, 0.4) is 0 Å². The molecule has 0 aliphatic carbocycles. The number of benzene rings is 1. The first kappa shape index (κ1) is 130. The van der Waals surface area contributed by atoms with Crippen LogP contribution >= 0.6 is 0 Å². The minimum Gasteiger partial charge on any atom is -0.463 e. The number of amides is 11. The summed E-state index contributed by atoms with van der Waals surface area (Å²) in [5.74, 6) is -22.9. The Balaban J connectivity index is 1.40. The van der Waals surface area contributed by atoms with Gasteiger partial charge in [-0.3, -0.25) is 95.9 Å². The molecule has 846 valence electrons. The number of esters is 10. The topological polar surface area (TPSA) is 657 Å². The number of halogens is 4. The fraction of sp³-hybridized carbons (Fsp3) is 0.716. The van der Waals surface area contributed by atoms with Gasteiger partial charge in [-0.25, -0.2) is 13.6 Å². The van der Waals surface area contributed by atoms with Gasteiger partial charge in [0.05, 0.1) is 33.0 Å². The Labute approximate surface area is 863 Å². The largest absolute Gasteiger partial charge is 0.463 e. The predicted molar refractivity (Wildman–Crippen MR) is 503 cm³/mol. The fourth-order valence-electron chi connectivity index (χ4n) is 15.1. The SMILES string of the molecule is CC(=O)NC1C(OCCCCC(=O)NCCCCC(=O)NCCN(CCNC(=O)CCCCNC(=O)CCCCOC2OC(COC(C)=O)C(OC(C)=O)C(OC(C)=O)C2NC(C)=O)C(=O)CC[C@H](NC(=O)CCCCNC(=O)CCCCOC2OC(COC(C)=O)C(OC(C)=O)C(OC(C)=O)C2NC(C)=O)C(=O)NCCOCCOCCOCC(=O)Oc2c(F)c(F)cc(F)c2F)OC(COC(C)=O)C(OC(C)=O)C1OC(C)=O. The molecular weight excluding hydrogens is 2010 g/mol. The van der Waals surface area contributed by atoms with E-state index in [0.717, 1.165) is 62.3 Å². The summed E-state index contributed by atoms with van der Waals surface area (Å²) in [6, 6.07) is -5.05. The minimum atomic E-state index is -1.94. The number of hydrogen-bond donors (Lipinski definition) is 10. The van der Waals surface area contributed by atoms with Crippen LogP contribution in [0, 0.1) is 23.3 Å². The summed E-state index contributed by atoms with van der Waals surface area (Å²) in [6.45, 7) is 10.3. The van der Waals surface area contributed by atoms with Gasteiger partial charge in [0.15, 0.2) is 67.1 Å². The van der Waals surface area contributed by atoms with E-state index in [1.54, 1.807) is 0 Å². The van der Waals surface area contributed by atoms with Crippen LogP contribution in [-0.4, -0.2) is 359 Å². The maximum absolute atomic E-state index is 14.4. The zero-order valence-corrected chi connectivity index (χ0v) is 86.4. The van der Waals surface area contributed by atoms with Crippen LogP contribution in [0.15, 0.2) is 6.07 Å². The van der Waals surface area contributed by atoms with Crippen LogP contribution < -0.4 is 57.9 Å². The summed E-state index contributed by atoms with van der Waals surface area (Å²) in [5, 5.41) is 27.0. The van der Waals surface area contributed by atoms with Crippen molar-refractivity contribution < 1.29 is 208 Å². The summed E-state index contributed by atoms with van der Waals surface area (Å²) in [7, 11) is 0. The Morgan fingerprint density at radius 3 is 0.947 bits per heavy atom. The van der Waals surface area contributed by atoms with Crippen molar-refractivity contribution in [1.82, 2.24) is 58.1 Å². The van der Waals surface area contributed by atoms with E-state index >= 15 is 0 Å². The second kappa shape index (κ2) is 72.0. The summed E-state index contributed by atoms with van der Waals surface area (Å²) < 4.78 is 160. The second-order valence-corrected chi connectivity index (χ2v) is 34.6. The highest BCUT2D eigenvalue weighted by molar-refractivity contribution is 5.89. The number of nitrogens with zero attached hydrogens (tertiary/aromatic N) is 1. The third kappa shape index (κ3) is 53.7. The maximum Gasteiger partial charge on any atom is 0.337 e. The van der Waals surface area contributed by atoms with E-state index < -0.39 is 267 Å². The van der Waals surface area contributed by atoms with Crippen molar-refractivity contribution in [3.63, 3.8) is 0 Å². The molecule has 11 amide bonds. The van der Waals surface area contributed by atoms with Gasteiger partial charge in [0.2, 0.25) is 82.4 Å². The van der Waals surface area contributed by atoms with Gasteiger partial charge in [-0.2, -0.15) is 8.78 Å². The molecule has 3 saturated heterocycles. The normalized spacial score (nSPS) is 20.3. The van der Waals surface area contributed by atoms with Gasteiger partial charge in [-0.15, -0.1) is 0 Å². The van der Waals surface area contributed by atoms with Gasteiger partial charge in [0.25, 0.3) is 0 Å². The molecular formula is C95H143F4N11O40. The Morgan fingerprint density at radius 1 is 0.327 bits per heavy atom. The lowest BCUT2D eigenvalue weighted by molar-refractivity contribution is -0.277. The zero-order valence-electron chi connectivity index (χ0n) is 86.4. The molecule has 3 heterocycles. The third-order valence-corrected chi connectivity index (χ3v) is 21.8. The molecule has 3 aliphatic heterocycles. The Morgan fingerprint density at radius 2 is 0.627 bits per heavy atom. The predicted octanol–water partition coefficient (Wildman–Crippen LogP) is 0.0289. The van der Waals surface area contributed by atoms with Gasteiger partial charge < -0.3 is 148 Å². The number of carbonyl (C=O) groups excluding carboxylic acids is 21. The standard InChI is InChI=1S/C95H143F4N11O40/c1-54(111)106-82-89(144-63(10)120)85(141-60(7)117)69(50-138-57(4)114)147-93(82)135-41-22-16-27-72(123)100-33-19-13-25-75(126)103-36-39-110(40-37-104-76(127)26-14-20-34-101-73(124)28-17-23-42-136-94-83(107-55(2)112)90(145-64(11)121)86(142-61(8)118)70(148-94)51-139-58(5)115)78(129)32-31-68(92(131)105-38-44-132-45-46-133-47-48-134-53-79(130)150-88-80(98)66(96)49-67(97)81(88)99)109-77(128)30-15-21-35-102-74(125)29-18-24-43-137-95-84(108-56(3)113)91(146-65(12)122)87(143-62(9)119)71(149-95)52-140-59(6)116/h49,68-71,82-87,89-91,93-95H,13-48,50-53H2,1-12H3,(H,100,123)(H,101,124)(H,102,125)(H,103,126)(H,104,127)(H,105,131)(H,106,111)(H,107,112)(H,108,113)(H,109,128)/t68-,69?,70?,71?,82?,83?,84?,85?,86?,87?,89?,90?,91?,93?,94?,95?/m0/s1. The number of hydrogen-bond acceptors (Lipinski definition) is 40. The van der Waals surface area contributed by atoms with E-state index in [1.165, 1.54) is 25.7 Å². The fourth-order valence-corrected chi connectivity index (χ4v) is 15.1.